The molecule has 2 aromatic heterocycles. The van der Waals surface area contributed by atoms with Gasteiger partial charge in [-0.3, -0.25) is 0 Å². The molecule has 2 N–H and O–H groups in total. The fraction of sp³-hybridized carbons (Fsp3) is 0.333. The van der Waals surface area contributed by atoms with Crippen molar-refractivity contribution < 1.29 is 23.4 Å². The van der Waals surface area contributed by atoms with Crippen LogP contribution in [-0.2, 0) is 0 Å². The molecule has 4 rings (SSSR count). The molecule has 3 aromatic rings. The van der Waals surface area contributed by atoms with Crippen LogP contribution >= 0.6 is 11.6 Å². The van der Waals surface area contributed by atoms with Crippen LogP contribution in [0, 0.1) is 17.6 Å². The Balaban J connectivity index is 1.50. The van der Waals surface area contributed by atoms with Gasteiger partial charge in [0.15, 0.2) is 22.5 Å². The van der Waals surface area contributed by atoms with Crippen molar-refractivity contribution in [3.8, 4) is 22.7 Å². The Kier molecular flexibility index (Phi) is 6.50. The van der Waals surface area contributed by atoms with E-state index in [1.165, 1.54) is 24.8 Å². The van der Waals surface area contributed by atoms with Crippen molar-refractivity contribution >= 4 is 17.7 Å². The maximum absolute atomic E-state index is 14.1. The average molecular weight is 464 g/mol. The van der Waals surface area contributed by atoms with Crippen LogP contribution < -0.4 is 10.1 Å². The molecular formula is C21H20ClF2N5O3. The lowest BCUT2D eigenvalue weighted by Crippen LogP contribution is -2.37. The molecule has 32 heavy (non-hydrogen) atoms. The number of para-hydroxylation sites is 1. The van der Waals surface area contributed by atoms with Gasteiger partial charge in [-0.1, -0.05) is 17.7 Å². The molecule has 0 bridgehead atoms. The highest BCUT2D eigenvalue weighted by Gasteiger charge is 2.24. The highest BCUT2D eigenvalue weighted by molar-refractivity contribution is 6.31. The van der Waals surface area contributed by atoms with Crippen LogP contribution in [0.5, 0.6) is 5.75 Å². The first-order valence-electron chi connectivity index (χ1n) is 10.0. The molecule has 0 atom stereocenters. The third-order valence-electron chi connectivity index (χ3n) is 5.42. The Hall–Kier alpha value is -3.27. The van der Waals surface area contributed by atoms with Gasteiger partial charge in [0.05, 0.1) is 12.8 Å². The molecule has 8 nitrogen and oxygen atoms in total. The van der Waals surface area contributed by atoms with Crippen LogP contribution in [0.25, 0.3) is 16.9 Å². The second kappa shape index (κ2) is 9.47. The molecule has 1 aromatic carbocycles. The second-order valence-electron chi connectivity index (χ2n) is 7.56. The maximum atomic E-state index is 14.1. The van der Waals surface area contributed by atoms with E-state index in [4.69, 9.17) is 21.4 Å². The lowest BCUT2D eigenvalue weighted by atomic mass is 9.86. The molecule has 168 valence electrons. The molecule has 0 radical (unpaired) electrons. The van der Waals surface area contributed by atoms with Gasteiger partial charge in [0.2, 0.25) is 0 Å². The third-order valence-corrected chi connectivity index (χ3v) is 5.69. The fourth-order valence-corrected chi connectivity index (χ4v) is 4.00. The maximum Gasteiger partial charge on any atom is 0.404 e. The van der Waals surface area contributed by atoms with Crippen LogP contribution in [0.1, 0.15) is 25.7 Å². The number of nitrogens with zero attached hydrogens (tertiary/aromatic N) is 4. The zero-order valence-corrected chi connectivity index (χ0v) is 17.6. The minimum Gasteiger partial charge on any atom is -0.488 e. The lowest BCUT2D eigenvalue weighted by Gasteiger charge is -2.28. The Labute approximate surface area is 187 Å². The summed E-state index contributed by atoms with van der Waals surface area (Å²) in [6.45, 7) is 0.357. The number of carboxylic acid groups (broad SMARTS) is 1. The van der Waals surface area contributed by atoms with Gasteiger partial charge in [-0.15, -0.1) is 0 Å². The predicted molar refractivity (Wildman–Crippen MR) is 112 cm³/mol. The molecule has 1 amide bonds. The summed E-state index contributed by atoms with van der Waals surface area (Å²) in [5.41, 5.74) is 0.517. The summed E-state index contributed by atoms with van der Waals surface area (Å²) >= 11 is 6.25. The fourth-order valence-electron chi connectivity index (χ4n) is 3.81. The van der Waals surface area contributed by atoms with E-state index < -0.39 is 17.7 Å². The number of hydrogen-bond acceptors (Lipinski definition) is 5. The van der Waals surface area contributed by atoms with Crippen LogP contribution in [0.2, 0.25) is 5.15 Å². The number of ether oxygens (including phenoxy) is 1. The van der Waals surface area contributed by atoms with Gasteiger partial charge in [0.1, 0.15) is 17.7 Å². The van der Waals surface area contributed by atoms with Crippen molar-refractivity contribution in [3.05, 3.63) is 53.7 Å². The Morgan fingerprint density at radius 3 is 2.62 bits per heavy atom. The van der Waals surface area contributed by atoms with Crippen molar-refractivity contribution in [1.29, 1.82) is 0 Å². The molecular weight excluding hydrogens is 444 g/mol. The quantitative estimate of drug-likeness (QED) is 0.523. The molecule has 2 heterocycles. The smallest absolute Gasteiger partial charge is 0.404 e. The van der Waals surface area contributed by atoms with Crippen molar-refractivity contribution in [1.82, 2.24) is 25.1 Å². The van der Waals surface area contributed by atoms with E-state index in [2.05, 4.69) is 20.4 Å². The van der Waals surface area contributed by atoms with E-state index in [1.807, 2.05) is 0 Å². The first-order valence-corrected chi connectivity index (χ1v) is 10.4. The summed E-state index contributed by atoms with van der Waals surface area (Å²) in [5, 5.41) is 15.5. The molecule has 1 aliphatic rings. The van der Waals surface area contributed by atoms with Crippen molar-refractivity contribution in [2.24, 2.45) is 5.92 Å². The molecule has 0 spiro atoms. The lowest BCUT2D eigenvalue weighted by molar-refractivity contribution is 0.169. The Morgan fingerprint density at radius 1 is 1.22 bits per heavy atom. The largest absolute Gasteiger partial charge is 0.488 e. The number of hydrogen-bond donors (Lipinski definition) is 2. The topological polar surface area (TPSA) is 102 Å². The van der Waals surface area contributed by atoms with Crippen molar-refractivity contribution in [2.75, 3.05) is 6.61 Å². The third kappa shape index (κ3) is 4.80. The van der Waals surface area contributed by atoms with Gasteiger partial charge in [-0.25, -0.2) is 28.2 Å². The van der Waals surface area contributed by atoms with E-state index in [-0.39, 0.29) is 28.5 Å². The highest BCUT2D eigenvalue weighted by atomic mass is 35.5. The summed E-state index contributed by atoms with van der Waals surface area (Å²) in [4.78, 5) is 19.0. The molecule has 1 aliphatic carbocycles. The molecule has 0 unspecified atom stereocenters. The number of aromatic nitrogens is 4. The first kappa shape index (κ1) is 21.9. The van der Waals surface area contributed by atoms with E-state index in [1.54, 1.807) is 0 Å². The predicted octanol–water partition coefficient (Wildman–Crippen LogP) is 4.47. The minimum absolute atomic E-state index is 0.0485. The van der Waals surface area contributed by atoms with E-state index >= 15 is 0 Å². The van der Waals surface area contributed by atoms with Gasteiger partial charge >= 0.3 is 6.09 Å². The van der Waals surface area contributed by atoms with Gasteiger partial charge in [0.25, 0.3) is 0 Å². The second-order valence-corrected chi connectivity index (χ2v) is 7.92. The number of nitrogens with one attached hydrogen (secondary N) is 1. The summed E-state index contributed by atoms with van der Waals surface area (Å²) in [6, 6.07) is 3.53. The summed E-state index contributed by atoms with van der Waals surface area (Å²) < 4.78 is 35.3. The van der Waals surface area contributed by atoms with Crippen LogP contribution in [0.3, 0.4) is 0 Å². The van der Waals surface area contributed by atoms with Gasteiger partial charge in [0, 0.05) is 17.8 Å². The Morgan fingerprint density at radius 2 is 1.94 bits per heavy atom. The van der Waals surface area contributed by atoms with Crippen LogP contribution in [0.4, 0.5) is 13.6 Å². The normalized spacial score (nSPS) is 18.3. The van der Waals surface area contributed by atoms with Crippen LogP contribution in [0.15, 0.2) is 36.9 Å². The van der Waals surface area contributed by atoms with E-state index in [9.17, 15) is 13.6 Å². The highest BCUT2D eigenvalue weighted by Crippen LogP contribution is 2.35. The van der Waals surface area contributed by atoms with Gasteiger partial charge < -0.3 is 15.2 Å². The number of amides is 1. The number of halogens is 3. The summed E-state index contributed by atoms with van der Waals surface area (Å²) in [5.74, 6) is -1.01. The number of benzene rings is 1. The van der Waals surface area contributed by atoms with E-state index in [0.29, 0.717) is 17.9 Å². The molecule has 1 saturated carbocycles. The average Bonchev–Trinajstić information content (AvgIpc) is 3.23. The minimum atomic E-state index is -1.02. The monoisotopic (exact) mass is 463 g/mol. The molecule has 1 fully saturated rings. The summed E-state index contributed by atoms with van der Waals surface area (Å²) in [7, 11) is 0. The zero-order valence-electron chi connectivity index (χ0n) is 16.8. The standard InChI is InChI=1S/C21H20ClF2N5O3/c22-20-19(32-10-12-4-6-14(7-5-12)28-21(30)31)17(25-11-26-20)13-8-27-29(9-13)18-15(23)2-1-3-16(18)24/h1-3,8-9,11-12,14,28H,4-7,10H2,(H,30,31)/t12-,14+. The molecule has 0 saturated heterocycles. The van der Waals surface area contributed by atoms with Crippen molar-refractivity contribution in [2.45, 2.75) is 31.7 Å². The van der Waals surface area contributed by atoms with E-state index in [0.717, 1.165) is 42.5 Å². The number of rotatable bonds is 6. The summed E-state index contributed by atoms with van der Waals surface area (Å²) in [6.07, 6.45) is 6.18. The van der Waals surface area contributed by atoms with Crippen molar-refractivity contribution in [3.63, 3.8) is 0 Å². The molecule has 11 heteroatoms. The van der Waals surface area contributed by atoms with Gasteiger partial charge in [-0.2, -0.15) is 5.10 Å². The first-order chi connectivity index (χ1) is 15.4. The van der Waals surface area contributed by atoms with Crippen LogP contribution in [-0.4, -0.2) is 43.6 Å². The Bertz CT molecular complexity index is 1100. The molecule has 0 aliphatic heterocycles. The zero-order chi connectivity index (χ0) is 22.7. The number of carbonyl (C=O) groups is 1. The van der Waals surface area contributed by atoms with Gasteiger partial charge in [-0.05, 0) is 43.7 Å². The SMILES string of the molecule is O=C(O)N[C@H]1CC[C@@H](COc2c(Cl)ncnc2-c2cnn(-c3c(F)cccc3F)c2)CC1.